The normalized spacial score (nSPS) is 12.5. The molecule has 0 aliphatic carbocycles. The van der Waals surface area contributed by atoms with Crippen LogP contribution in [0, 0.1) is 5.92 Å². The van der Waals surface area contributed by atoms with E-state index in [-0.39, 0.29) is 0 Å². The molecule has 0 amide bonds. The van der Waals surface area contributed by atoms with Crippen LogP contribution in [0.1, 0.15) is 19.4 Å². The van der Waals surface area contributed by atoms with Gasteiger partial charge >= 0.3 is 0 Å². The highest BCUT2D eigenvalue weighted by Crippen LogP contribution is 2.28. The van der Waals surface area contributed by atoms with E-state index in [0.717, 1.165) is 37.7 Å². The van der Waals surface area contributed by atoms with Crippen molar-refractivity contribution in [2.45, 2.75) is 20.4 Å². The third-order valence-electron chi connectivity index (χ3n) is 3.27. The molecular formula is C15H26N2O2. The highest BCUT2D eigenvalue weighted by atomic mass is 16.5. The largest absolute Gasteiger partial charge is 0.493 e. The van der Waals surface area contributed by atoms with E-state index in [1.807, 2.05) is 12.1 Å². The lowest BCUT2D eigenvalue weighted by Crippen LogP contribution is -2.31. The van der Waals surface area contributed by atoms with Crippen molar-refractivity contribution >= 4 is 0 Å². The number of hydrogen-bond donors (Lipinski definition) is 1. The molecule has 4 heteroatoms. The fraction of sp³-hybridized carbons (Fsp3) is 0.600. The molecule has 0 radical (unpaired) electrons. The summed E-state index contributed by atoms with van der Waals surface area (Å²) in [7, 11) is 3.31. The first kappa shape index (κ1) is 15.8. The predicted octanol–water partition coefficient (Wildman–Crippen LogP) is 2.12. The first-order chi connectivity index (χ1) is 9.14. The second-order valence-electron chi connectivity index (χ2n) is 4.86. The Kier molecular flexibility index (Phi) is 6.67. The van der Waals surface area contributed by atoms with Gasteiger partial charge in [-0.3, -0.25) is 4.90 Å². The highest BCUT2D eigenvalue weighted by molar-refractivity contribution is 5.42. The maximum absolute atomic E-state index is 5.69. The van der Waals surface area contributed by atoms with Gasteiger partial charge in [-0.05, 0) is 36.7 Å². The van der Waals surface area contributed by atoms with Crippen molar-refractivity contribution in [3.63, 3.8) is 0 Å². The molecule has 0 saturated carbocycles. The number of benzene rings is 1. The Morgan fingerprint density at radius 1 is 1.21 bits per heavy atom. The molecule has 19 heavy (non-hydrogen) atoms. The summed E-state index contributed by atoms with van der Waals surface area (Å²) in [5, 5.41) is 0. The second-order valence-corrected chi connectivity index (χ2v) is 4.86. The van der Waals surface area contributed by atoms with Crippen LogP contribution in [0.4, 0.5) is 0 Å². The molecule has 0 aliphatic heterocycles. The predicted molar refractivity (Wildman–Crippen MR) is 78.7 cm³/mol. The van der Waals surface area contributed by atoms with Crippen molar-refractivity contribution in [3.8, 4) is 11.5 Å². The minimum atomic E-state index is 0.514. The molecule has 4 nitrogen and oxygen atoms in total. The van der Waals surface area contributed by atoms with Crippen LogP contribution in [0.2, 0.25) is 0 Å². The van der Waals surface area contributed by atoms with Gasteiger partial charge in [0.2, 0.25) is 0 Å². The van der Waals surface area contributed by atoms with Gasteiger partial charge in [0.1, 0.15) is 0 Å². The van der Waals surface area contributed by atoms with Crippen LogP contribution in [-0.4, -0.2) is 38.8 Å². The molecule has 1 unspecified atom stereocenters. The Hall–Kier alpha value is -1.26. The monoisotopic (exact) mass is 266 g/mol. The maximum Gasteiger partial charge on any atom is 0.161 e. The van der Waals surface area contributed by atoms with Crippen molar-refractivity contribution in [1.29, 1.82) is 0 Å². The summed E-state index contributed by atoms with van der Waals surface area (Å²) < 4.78 is 10.6. The number of ether oxygens (including phenoxy) is 2. The number of hydrogen-bond acceptors (Lipinski definition) is 4. The molecule has 0 spiro atoms. The van der Waals surface area contributed by atoms with E-state index in [1.54, 1.807) is 14.2 Å². The van der Waals surface area contributed by atoms with Crippen LogP contribution in [0.5, 0.6) is 11.5 Å². The van der Waals surface area contributed by atoms with Gasteiger partial charge in [-0.2, -0.15) is 0 Å². The zero-order valence-corrected chi connectivity index (χ0v) is 12.5. The van der Waals surface area contributed by atoms with Gasteiger partial charge < -0.3 is 15.2 Å². The molecule has 108 valence electrons. The molecule has 1 aromatic rings. The van der Waals surface area contributed by atoms with Gasteiger partial charge in [0.05, 0.1) is 14.2 Å². The van der Waals surface area contributed by atoms with Crippen molar-refractivity contribution < 1.29 is 9.47 Å². The number of rotatable bonds is 8. The van der Waals surface area contributed by atoms with Gasteiger partial charge in [-0.15, -0.1) is 0 Å². The Morgan fingerprint density at radius 3 is 2.42 bits per heavy atom. The zero-order chi connectivity index (χ0) is 14.3. The van der Waals surface area contributed by atoms with E-state index < -0.39 is 0 Å². The third-order valence-corrected chi connectivity index (χ3v) is 3.27. The molecule has 2 N–H and O–H groups in total. The van der Waals surface area contributed by atoms with Crippen LogP contribution in [-0.2, 0) is 6.54 Å². The Labute approximate surface area is 116 Å². The summed E-state index contributed by atoms with van der Waals surface area (Å²) in [4.78, 5) is 2.39. The molecule has 1 rings (SSSR count). The van der Waals surface area contributed by atoms with Gasteiger partial charge in [0, 0.05) is 13.1 Å². The summed E-state index contributed by atoms with van der Waals surface area (Å²) in [6.07, 6.45) is 0. The number of nitrogens with two attached hydrogens (primary N) is 1. The third kappa shape index (κ3) is 4.73. The Morgan fingerprint density at radius 2 is 1.89 bits per heavy atom. The Balaban J connectivity index is 2.74. The first-order valence-electron chi connectivity index (χ1n) is 6.77. The highest BCUT2D eigenvalue weighted by Gasteiger charge is 2.10. The molecule has 0 bridgehead atoms. The van der Waals surface area contributed by atoms with Crippen LogP contribution in [0.15, 0.2) is 18.2 Å². The van der Waals surface area contributed by atoms with Crippen LogP contribution >= 0.6 is 0 Å². The fourth-order valence-corrected chi connectivity index (χ4v) is 2.06. The topological polar surface area (TPSA) is 47.7 Å². The van der Waals surface area contributed by atoms with Crippen molar-refractivity contribution in [3.05, 3.63) is 23.8 Å². The van der Waals surface area contributed by atoms with E-state index in [0.29, 0.717) is 5.92 Å². The molecule has 0 fully saturated rings. The smallest absolute Gasteiger partial charge is 0.161 e. The van der Waals surface area contributed by atoms with Crippen LogP contribution in [0.3, 0.4) is 0 Å². The lowest BCUT2D eigenvalue weighted by atomic mass is 10.1. The quantitative estimate of drug-likeness (QED) is 0.783. The van der Waals surface area contributed by atoms with E-state index in [9.17, 15) is 0 Å². The molecule has 0 aliphatic rings. The van der Waals surface area contributed by atoms with Gasteiger partial charge in [-0.1, -0.05) is 19.9 Å². The lowest BCUT2D eigenvalue weighted by Gasteiger charge is -2.24. The summed E-state index contributed by atoms with van der Waals surface area (Å²) in [6.45, 7) is 8.00. The van der Waals surface area contributed by atoms with Crippen molar-refractivity contribution in [1.82, 2.24) is 4.90 Å². The molecule has 0 aromatic heterocycles. The van der Waals surface area contributed by atoms with Gasteiger partial charge in [-0.25, -0.2) is 0 Å². The second kappa shape index (κ2) is 8.02. The molecule has 0 heterocycles. The van der Waals surface area contributed by atoms with E-state index in [1.165, 1.54) is 5.56 Å². The number of methoxy groups -OCH3 is 2. The first-order valence-corrected chi connectivity index (χ1v) is 6.77. The summed E-state index contributed by atoms with van der Waals surface area (Å²) in [5.41, 5.74) is 6.91. The zero-order valence-electron chi connectivity index (χ0n) is 12.5. The standard InChI is InChI=1S/C15H26N2O2/c1-5-17(10-12(2)9-16)11-13-6-7-14(18-3)15(8-13)19-4/h6-8,12H,5,9-11,16H2,1-4H3. The molecule has 0 saturated heterocycles. The average molecular weight is 266 g/mol. The average Bonchev–Trinajstić information content (AvgIpc) is 2.45. The fourth-order valence-electron chi connectivity index (χ4n) is 2.06. The SMILES string of the molecule is CCN(Cc1ccc(OC)c(OC)c1)CC(C)CN. The van der Waals surface area contributed by atoms with Crippen LogP contribution < -0.4 is 15.2 Å². The Bertz CT molecular complexity index is 382. The molecule has 1 aromatic carbocycles. The molecule has 1 atom stereocenters. The van der Waals surface area contributed by atoms with Crippen LogP contribution in [0.25, 0.3) is 0 Å². The summed E-state index contributed by atoms with van der Waals surface area (Å²) in [6, 6.07) is 6.07. The maximum atomic E-state index is 5.69. The lowest BCUT2D eigenvalue weighted by molar-refractivity contribution is 0.243. The van der Waals surface area contributed by atoms with Gasteiger partial charge in [0.25, 0.3) is 0 Å². The number of nitrogens with zero attached hydrogens (tertiary/aromatic N) is 1. The minimum absolute atomic E-state index is 0.514. The summed E-state index contributed by atoms with van der Waals surface area (Å²) >= 11 is 0. The summed E-state index contributed by atoms with van der Waals surface area (Å²) in [5.74, 6) is 2.06. The van der Waals surface area contributed by atoms with Crippen molar-refractivity contribution in [2.75, 3.05) is 33.9 Å². The van der Waals surface area contributed by atoms with E-state index >= 15 is 0 Å². The van der Waals surface area contributed by atoms with E-state index in [4.69, 9.17) is 15.2 Å². The van der Waals surface area contributed by atoms with Crippen molar-refractivity contribution in [2.24, 2.45) is 11.7 Å². The van der Waals surface area contributed by atoms with Gasteiger partial charge in [0.15, 0.2) is 11.5 Å². The van der Waals surface area contributed by atoms with E-state index in [2.05, 4.69) is 24.8 Å². The molecular weight excluding hydrogens is 240 g/mol. The minimum Gasteiger partial charge on any atom is -0.493 e.